The number of nitrogens with zero attached hydrogens (tertiary/aromatic N) is 1. The average Bonchev–Trinajstić information content (AvgIpc) is 2.93. The summed E-state index contributed by atoms with van der Waals surface area (Å²) in [6.07, 6.45) is 2.68. The summed E-state index contributed by atoms with van der Waals surface area (Å²) in [6, 6.07) is 11.6. The SMILES string of the molecule is CCn1cc(-c2ccccc2)c2sc(C=O)cc2c1=O. The summed E-state index contributed by atoms with van der Waals surface area (Å²) >= 11 is 1.37. The third kappa shape index (κ3) is 1.98. The van der Waals surface area contributed by atoms with Gasteiger partial charge in [0.25, 0.3) is 5.56 Å². The van der Waals surface area contributed by atoms with Crippen molar-refractivity contribution in [2.45, 2.75) is 13.5 Å². The molecule has 0 spiro atoms. The predicted octanol–water partition coefficient (Wildman–Crippen LogP) is 3.56. The first-order valence-electron chi connectivity index (χ1n) is 6.42. The molecule has 2 heterocycles. The molecule has 0 fully saturated rings. The van der Waals surface area contributed by atoms with Crippen molar-refractivity contribution >= 4 is 27.7 Å². The van der Waals surface area contributed by atoms with Gasteiger partial charge in [-0.1, -0.05) is 30.3 Å². The third-order valence-electron chi connectivity index (χ3n) is 3.31. The van der Waals surface area contributed by atoms with Gasteiger partial charge in [-0.25, -0.2) is 0 Å². The van der Waals surface area contributed by atoms with Gasteiger partial charge < -0.3 is 4.57 Å². The summed E-state index contributed by atoms with van der Waals surface area (Å²) in [4.78, 5) is 23.9. The summed E-state index contributed by atoms with van der Waals surface area (Å²) < 4.78 is 2.57. The van der Waals surface area contributed by atoms with Crippen molar-refractivity contribution in [2.24, 2.45) is 0 Å². The van der Waals surface area contributed by atoms with Gasteiger partial charge >= 0.3 is 0 Å². The second-order valence-corrected chi connectivity index (χ2v) is 5.59. The van der Waals surface area contributed by atoms with Gasteiger partial charge in [0.2, 0.25) is 0 Å². The van der Waals surface area contributed by atoms with E-state index < -0.39 is 0 Å². The molecule has 3 nitrogen and oxygen atoms in total. The Balaban J connectivity index is 2.41. The summed E-state index contributed by atoms with van der Waals surface area (Å²) in [5.74, 6) is 0. The Hall–Kier alpha value is -2.20. The second kappa shape index (κ2) is 5.06. The van der Waals surface area contributed by atoms with Crippen molar-refractivity contribution in [3.63, 3.8) is 0 Å². The molecule has 0 aliphatic carbocycles. The molecule has 20 heavy (non-hydrogen) atoms. The summed E-state index contributed by atoms with van der Waals surface area (Å²) in [6.45, 7) is 2.55. The van der Waals surface area contributed by atoms with E-state index in [0.717, 1.165) is 22.1 Å². The highest BCUT2D eigenvalue weighted by molar-refractivity contribution is 7.21. The van der Waals surface area contributed by atoms with Crippen LogP contribution in [-0.2, 0) is 6.54 Å². The zero-order valence-corrected chi connectivity index (χ0v) is 11.8. The maximum absolute atomic E-state index is 12.3. The molecule has 0 saturated carbocycles. The van der Waals surface area contributed by atoms with Crippen LogP contribution < -0.4 is 5.56 Å². The standard InChI is InChI=1S/C16H13NO2S/c1-2-17-9-14(11-6-4-3-5-7-11)15-13(16(17)19)8-12(10-18)20-15/h3-10H,2H2,1H3. The number of hydrogen-bond acceptors (Lipinski definition) is 3. The van der Waals surface area contributed by atoms with Gasteiger partial charge in [0.15, 0.2) is 6.29 Å². The number of benzene rings is 1. The van der Waals surface area contributed by atoms with Gasteiger partial charge in [-0.05, 0) is 18.6 Å². The molecule has 0 saturated heterocycles. The molecule has 100 valence electrons. The molecule has 0 aliphatic heterocycles. The van der Waals surface area contributed by atoms with E-state index in [0.29, 0.717) is 16.8 Å². The van der Waals surface area contributed by atoms with Gasteiger partial charge in [-0.15, -0.1) is 11.3 Å². The van der Waals surface area contributed by atoms with Crippen molar-refractivity contribution in [3.8, 4) is 11.1 Å². The normalized spacial score (nSPS) is 10.8. The first-order chi connectivity index (χ1) is 9.74. The number of aromatic nitrogens is 1. The maximum atomic E-state index is 12.3. The quantitative estimate of drug-likeness (QED) is 0.689. The zero-order valence-electron chi connectivity index (χ0n) is 11.0. The van der Waals surface area contributed by atoms with Crippen molar-refractivity contribution in [3.05, 3.63) is 57.8 Å². The molecule has 0 amide bonds. The lowest BCUT2D eigenvalue weighted by molar-refractivity contribution is 0.112. The van der Waals surface area contributed by atoms with Gasteiger partial charge in [0.1, 0.15) is 0 Å². The lowest BCUT2D eigenvalue weighted by Gasteiger charge is -2.08. The molecule has 3 rings (SSSR count). The van der Waals surface area contributed by atoms with Crippen LogP contribution in [0.1, 0.15) is 16.6 Å². The topological polar surface area (TPSA) is 39.1 Å². The number of aldehydes is 1. The van der Waals surface area contributed by atoms with Crippen LogP contribution in [0.5, 0.6) is 0 Å². The third-order valence-corrected chi connectivity index (χ3v) is 4.41. The van der Waals surface area contributed by atoms with Gasteiger partial charge in [0.05, 0.1) is 10.3 Å². The van der Waals surface area contributed by atoms with E-state index in [1.54, 1.807) is 10.6 Å². The lowest BCUT2D eigenvalue weighted by atomic mass is 10.1. The number of rotatable bonds is 3. The second-order valence-electron chi connectivity index (χ2n) is 4.51. The average molecular weight is 283 g/mol. The van der Waals surface area contributed by atoms with Crippen LogP contribution in [0, 0.1) is 0 Å². The van der Waals surface area contributed by atoms with E-state index in [9.17, 15) is 9.59 Å². The Kier molecular flexibility index (Phi) is 3.24. The maximum Gasteiger partial charge on any atom is 0.259 e. The molecule has 1 aromatic carbocycles. The number of thiophene rings is 1. The first kappa shape index (κ1) is 12.8. The minimum atomic E-state index is -0.0356. The molecular formula is C16H13NO2S. The molecular weight excluding hydrogens is 270 g/mol. The number of aryl methyl sites for hydroxylation is 1. The van der Waals surface area contributed by atoms with Crippen molar-refractivity contribution in [1.29, 1.82) is 0 Å². The largest absolute Gasteiger partial charge is 0.315 e. The van der Waals surface area contributed by atoms with E-state index in [1.807, 2.05) is 43.5 Å². The minimum Gasteiger partial charge on any atom is -0.315 e. The van der Waals surface area contributed by atoms with Crippen LogP contribution in [0.25, 0.3) is 21.2 Å². The van der Waals surface area contributed by atoms with E-state index in [-0.39, 0.29) is 5.56 Å². The monoisotopic (exact) mass is 283 g/mol. The smallest absolute Gasteiger partial charge is 0.259 e. The van der Waals surface area contributed by atoms with Crippen molar-refractivity contribution < 1.29 is 4.79 Å². The van der Waals surface area contributed by atoms with Crippen molar-refractivity contribution in [2.75, 3.05) is 0 Å². The fourth-order valence-electron chi connectivity index (χ4n) is 2.31. The van der Waals surface area contributed by atoms with Crippen LogP contribution in [0.4, 0.5) is 0 Å². The van der Waals surface area contributed by atoms with Gasteiger partial charge in [0, 0.05) is 23.0 Å². The van der Waals surface area contributed by atoms with E-state index in [2.05, 4.69) is 0 Å². The van der Waals surface area contributed by atoms with Crippen LogP contribution in [0.2, 0.25) is 0 Å². The highest BCUT2D eigenvalue weighted by atomic mass is 32.1. The van der Waals surface area contributed by atoms with Crippen LogP contribution >= 0.6 is 11.3 Å². The number of pyridine rings is 1. The summed E-state index contributed by atoms with van der Waals surface area (Å²) in [7, 11) is 0. The predicted molar refractivity (Wildman–Crippen MR) is 82.6 cm³/mol. The molecule has 0 N–H and O–H groups in total. The Morgan fingerprint density at radius 2 is 2.00 bits per heavy atom. The zero-order chi connectivity index (χ0) is 14.1. The molecule has 0 radical (unpaired) electrons. The molecule has 0 unspecified atom stereocenters. The lowest BCUT2D eigenvalue weighted by Crippen LogP contribution is -2.18. The van der Waals surface area contributed by atoms with E-state index in [4.69, 9.17) is 0 Å². The highest BCUT2D eigenvalue weighted by Gasteiger charge is 2.13. The van der Waals surface area contributed by atoms with Gasteiger partial charge in [-0.2, -0.15) is 0 Å². The Labute approximate surface area is 120 Å². The number of carbonyl (C=O) groups excluding carboxylic acids is 1. The Morgan fingerprint density at radius 3 is 2.65 bits per heavy atom. The van der Waals surface area contributed by atoms with Crippen LogP contribution in [-0.4, -0.2) is 10.9 Å². The summed E-state index contributed by atoms with van der Waals surface area (Å²) in [5.41, 5.74) is 2.02. The summed E-state index contributed by atoms with van der Waals surface area (Å²) in [5, 5.41) is 0.625. The minimum absolute atomic E-state index is 0.0356. The molecule has 0 atom stereocenters. The number of fused-ring (bicyclic) bond motifs is 1. The molecule has 2 aromatic heterocycles. The van der Waals surface area contributed by atoms with Crippen LogP contribution in [0.3, 0.4) is 0 Å². The molecule has 4 heteroatoms. The fraction of sp³-hybridized carbons (Fsp3) is 0.125. The van der Waals surface area contributed by atoms with Crippen LogP contribution in [0.15, 0.2) is 47.4 Å². The number of carbonyl (C=O) groups is 1. The highest BCUT2D eigenvalue weighted by Crippen LogP contribution is 2.32. The van der Waals surface area contributed by atoms with E-state index in [1.165, 1.54) is 11.3 Å². The first-order valence-corrected chi connectivity index (χ1v) is 7.24. The Bertz CT molecular complexity index is 831. The Morgan fingerprint density at radius 1 is 1.25 bits per heavy atom. The van der Waals surface area contributed by atoms with Crippen molar-refractivity contribution in [1.82, 2.24) is 4.57 Å². The van der Waals surface area contributed by atoms with E-state index >= 15 is 0 Å². The molecule has 0 aliphatic rings. The number of hydrogen-bond donors (Lipinski definition) is 0. The van der Waals surface area contributed by atoms with Gasteiger partial charge in [-0.3, -0.25) is 9.59 Å². The molecule has 3 aromatic rings. The molecule has 0 bridgehead atoms. The fourth-order valence-corrected chi connectivity index (χ4v) is 3.31.